The zero-order valence-electron chi connectivity index (χ0n) is 13.3. The molecule has 1 saturated carbocycles. The fourth-order valence-corrected chi connectivity index (χ4v) is 4.51. The van der Waals surface area contributed by atoms with Gasteiger partial charge in [0.15, 0.2) is 0 Å². The van der Waals surface area contributed by atoms with Crippen LogP contribution in [0.1, 0.15) is 19.8 Å². The number of rotatable bonds is 4. The highest BCUT2D eigenvalue weighted by molar-refractivity contribution is 7.07. The molecule has 4 rings (SSSR count). The van der Waals surface area contributed by atoms with Gasteiger partial charge in [0, 0.05) is 29.6 Å². The molecule has 1 aromatic carbocycles. The highest BCUT2D eigenvalue weighted by atomic mass is 32.1. The van der Waals surface area contributed by atoms with Gasteiger partial charge in [-0.1, -0.05) is 42.5 Å². The smallest absolute Gasteiger partial charge is 0.206 e. The zero-order valence-corrected chi connectivity index (χ0v) is 14.1. The first-order valence-corrected chi connectivity index (χ1v) is 9.22. The molecule has 1 aromatic heterocycles. The Morgan fingerprint density at radius 1 is 1.22 bits per heavy atom. The third-order valence-electron chi connectivity index (χ3n) is 4.75. The molecule has 0 N–H and O–H groups in total. The van der Waals surface area contributed by atoms with Crippen LogP contribution in [0.25, 0.3) is 11.3 Å². The van der Waals surface area contributed by atoms with Gasteiger partial charge in [-0.15, -0.1) is 11.3 Å². The molecular formula is C19H21N3S. The number of benzene rings is 1. The third-order valence-corrected chi connectivity index (χ3v) is 5.61. The maximum atomic E-state index is 4.84. The van der Waals surface area contributed by atoms with E-state index in [0.717, 1.165) is 23.0 Å². The van der Waals surface area contributed by atoms with Crippen LogP contribution in [0.3, 0.4) is 0 Å². The van der Waals surface area contributed by atoms with Gasteiger partial charge in [0.05, 0.1) is 5.69 Å². The van der Waals surface area contributed by atoms with E-state index in [2.05, 4.69) is 59.9 Å². The number of fused-ring (bicyclic) bond motifs is 2. The van der Waals surface area contributed by atoms with E-state index in [1.54, 1.807) is 11.3 Å². The Morgan fingerprint density at radius 3 is 2.78 bits per heavy atom. The van der Waals surface area contributed by atoms with Gasteiger partial charge in [-0.05, 0) is 31.6 Å². The molecule has 2 aliphatic rings. The second-order valence-corrected chi connectivity index (χ2v) is 7.10. The van der Waals surface area contributed by atoms with Crippen LogP contribution in [0.15, 0.2) is 58.0 Å². The number of hydrogen-bond acceptors (Lipinski definition) is 3. The molecule has 2 aromatic rings. The van der Waals surface area contributed by atoms with E-state index in [0.29, 0.717) is 11.8 Å². The van der Waals surface area contributed by atoms with E-state index < -0.39 is 0 Å². The van der Waals surface area contributed by atoms with Crippen molar-refractivity contribution in [3.05, 3.63) is 52.7 Å². The van der Waals surface area contributed by atoms with Crippen molar-refractivity contribution in [3.63, 3.8) is 0 Å². The van der Waals surface area contributed by atoms with E-state index in [-0.39, 0.29) is 0 Å². The molecule has 0 saturated heterocycles. The lowest BCUT2D eigenvalue weighted by Crippen LogP contribution is -2.15. The molecule has 3 unspecified atom stereocenters. The average molecular weight is 323 g/mol. The van der Waals surface area contributed by atoms with Gasteiger partial charge < -0.3 is 0 Å². The lowest BCUT2D eigenvalue weighted by Gasteiger charge is -2.12. The van der Waals surface area contributed by atoms with Crippen molar-refractivity contribution in [2.24, 2.45) is 27.8 Å². The summed E-state index contributed by atoms with van der Waals surface area (Å²) in [6.07, 6.45) is 9.46. The summed E-state index contributed by atoms with van der Waals surface area (Å²) < 4.78 is 2.01. The van der Waals surface area contributed by atoms with Gasteiger partial charge in [-0.25, -0.2) is 4.68 Å². The Balaban J connectivity index is 1.70. The van der Waals surface area contributed by atoms with E-state index in [1.165, 1.54) is 18.4 Å². The summed E-state index contributed by atoms with van der Waals surface area (Å²) in [5, 5.41) is 6.99. The highest BCUT2D eigenvalue weighted by Crippen LogP contribution is 2.42. The molecular weight excluding hydrogens is 302 g/mol. The van der Waals surface area contributed by atoms with Crippen LogP contribution in [-0.2, 0) is 0 Å². The number of aromatic nitrogens is 1. The van der Waals surface area contributed by atoms with Gasteiger partial charge in [-0.3, -0.25) is 4.99 Å². The normalized spacial score (nSPS) is 26.7. The molecule has 2 aliphatic carbocycles. The lowest BCUT2D eigenvalue weighted by atomic mass is 9.95. The fourth-order valence-electron chi connectivity index (χ4n) is 3.61. The minimum Gasteiger partial charge on any atom is -0.258 e. The minimum absolute atomic E-state index is 0.579. The molecule has 118 valence electrons. The van der Waals surface area contributed by atoms with Crippen molar-refractivity contribution in [2.75, 3.05) is 6.54 Å². The lowest BCUT2D eigenvalue weighted by molar-refractivity contribution is 0.589. The molecule has 23 heavy (non-hydrogen) atoms. The van der Waals surface area contributed by atoms with Gasteiger partial charge in [-0.2, -0.15) is 5.10 Å². The quantitative estimate of drug-likeness (QED) is 0.597. The van der Waals surface area contributed by atoms with Gasteiger partial charge in [0.2, 0.25) is 4.80 Å². The molecule has 3 atom stereocenters. The third kappa shape index (κ3) is 2.83. The summed E-state index contributed by atoms with van der Waals surface area (Å²) in [5.74, 6) is 2.04. The summed E-state index contributed by atoms with van der Waals surface area (Å²) in [7, 11) is 0. The molecule has 0 radical (unpaired) electrons. The monoisotopic (exact) mass is 323 g/mol. The topological polar surface area (TPSA) is 29.6 Å². The van der Waals surface area contributed by atoms with Crippen LogP contribution in [-0.4, -0.2) is 17.4 Å². The first-order valence-electron chi connectivity index (χ1n) is 8.34. The van der Waals surface area contributed by atoms with Gasteiger partial charge in [0.25, 0.3) is 0 Å². The van der Waals surface area contributed by atoms with Crippen molar-refractivity contribution in [3.8, 4) is 11.3 Å². The summed E-state index contributed by atoms with van der Waals surface area (Å²) in [6.45, 7) is 2.85. The first-order chi connectivity index (χ1) is 11.3. The second-order valence-electron chi connectivity index (χ2n) is 6.26. The molecule has 1 heterocycles. The Labute approximate surface area is 140 Å². The highest BCUT2D eigenvalue weighted by Gasteiger charge is 2.34. The van der Waals surface area contributed by atoms with Crippen molar-refractivity contribution < 1.29 is 0 Å². The molecule has 0 amide bonds. The Bertz CT molecular complexity index is 798. The molecule has 0 spiro atoms. The molecule has 4 heteroatoms. The molecule has 3 nitrogen and oxygen atoms in total. The Kier molecular flexibility index (Phi) is 4.00. The predicted octanol–water partition coefficient (Wildman–Crippen LogP) is 4.18. The van der Waals surface area contributed by atoms with Crippen molar-refractivity contribution in [2.45, 2.75) is 19.8 Å². The number of thiazole rings is 1. The summed E-state index contributed by atoms with van der Waals surface area (Å²) in [6, 6.07) is 10.4. The van der Waals surface area contributed by atoms with Crippen LogP contribution in [0.4, 0.5) is 0 Å². The van der Waals surface area contributed by atoms with E-state index in [9.17, 15) is 0 Å². The molecule has 2 bridgehead atoms. The first kappa shape index (κ1) is 14.6. The molecule has 1 fully saturated rings. The van der Waals surface area contributed by atoms with Crippen LogP contribution in [0, 0.1) is 17.8 Å². The van der Waals surface area contributed by atoms with Crippen molar-refractivity contribution in [1.29, 1.82) is 0 Å². The van der Waals surface area contributed by atoms with Crippen LogP contribution >= 0.6 is 11.3 Å². The second kappa shape index (κ2) is 6.28. The van der Waals surface area contributed by atoms with Crippen LogP contribution in [0.5, 0.6) is 0 Å². The van der Waals surface area contributed by atoms with Crippen molar-refractivity contribution >= 4 is 17.6 Å². The van der Waals surface area contributed by atoms with Crippen molar-refractivity contribution in [1.82, 2.24) is 4.68 Å². The predicted molar refractivity (Wildman–Crippen MR) is 96.6 cm³/mol. The van der Waals surface area contributed by atoms with E-state index in [4.69, 9.17) is 5.10 Å². The largest absolute Gasteiger partial charge is 0.258 e. The van der Waals surface area contributed by atoms with Crippen LogP contribution < -0.4 is 4.80 Å². The Morgan fingerprint density at radius 2 is 2.09 bits per heavy atom. The van der Waals surface area contributed by atoms with Gasteiger partial charge in [0.1, 0.15) is 0 Å². The average Bonchev–Trinajstić information content (AvgIpc) is 3.29. The van der Waals surface area contributed by atoms with Crippen LogP contribution in [0.2, 0.25) is 0 Å². The van der Waals surface area contributed by atoms with E-state index in [1.807, 2.05) is 10.7 Å². The number of allylic oxidation sites excluding steroid dienone is 2. The number of hydrogen-bond donors (Lipinski definition) is 0. The van der Waals surface area contributed by atoms with Gasteiger partial charge >= 0.3 is 0 Å². The standard InChI is InChI=1S/C19H21N3S/c1-2-20-19-22(18(13-23-19)15-6-4-3-5-7-15)21-12-17-11-14-8-9-16(17)10-14/h3-9,12-14,16-17H,2,10-11H2,1H3. The SMILES string of the molecule is CCN=c1scc(-c2ccccc2)n1N=CC1CC2C=CC1C2. The number of nitrogens with zero attached hydrogens (tertiary/aromatic N) is 3. The molecule has 0 aliphatic heterocycles. The maximum absolute atomic E-state index is 4.84. The minimum atomic E-state index is 0.579. The maximum Gasteiger partial charge on any atom is 0.206 e. The summed E-state index contributed by atoms with van der Waals surface area (Å²) in [4.78, 5) is 5.57. The zero-order chi connectivity index (χ0) is 15.6. The fraction of sp³-hybridized carbons (Fsp3) is 0.368. The summed E-state index contributed by atoms with van der Waals surface area (Å²) in [5.41, 5.74) is 2.31. The van der Waals surface area contributed by atoms with E-state index >= 15 is 0 Å². The summed E-state index contributed by atoms with van der Waals surface area (Å²) >= 11 is 1.66. The Hall–Kier alpha value is -1.94.